The van der Waals surface area contributed by atoms with Crippen LogP contribution in [-0.4, -0.2) is 12.1 Å². The SMILES string of the molecule is COc1ccc(C(N)=S)cc1COc1ccc(F)c(Cl)c1. The fourth-order valence-corrected chi connectivity index (χ4v) is 2.07. The van der Waals surface area contributed by atoms with Crippen LogP contribution < -0.4 is 15.2 Å². The van der Waals surface area contributed by atoms with Gasteiger partial charge in [0.25, 0.3) is 0 Å². The minimum absolute atomic E-state index is 0.0105. The minimum atomic E-state index is -0.489. The Kier molecular flexibility index (Phi) is 4.98. The number of halogens is 2. The van der Waals surface area contributed by atoms with Crippen molar-refractivity contribution >= 4 is 28.8 Å². The third kappa shape index (κ3) is 3.83. The molecule has 0 amide bonds. The van der Waals surface area contributed by atoms with Crippen LogP contribution in [0.25, 0.3) is 0 Å². The third-order valence-corrected chi connectivity index (χ3v) is 3.38. The average molecular weight is 326 g/mol. The van der Waals surface area contributed by atoms with Crippen molar-refractivity contribution in [3.05, 3.63) is 58.4 Å². The van der Waals surface area contributed by atoms with Crippen molar-refractivity contribution in [1.29, 1.82) is 0 Å². The van der Waals surface area contributed by atoms with Crippen molar-refractivity contribution in [2.24, 2.45) is 5.73 Å². The second-order valence-electron chi connectivity index (χ2n) is 4.26. The highest BCUT2D eigenvalue weighted by molar-refractivity contribution is 7.80. The van der Waals surface area contributed by atoms with Crippen LogP contribution >= 0.6 is 23.8 Å². The zero-order valence-corrected chi connectivity index (χ0v) is 12.8. The van der Waals surface area contributed by atoms with Gasteiger partial charge in [-0.25, -0.2) is 4.39 Å². The highest BCUT2D eigenvalue weighted by atomic mass is 35.5. The number of rotatable bonds is 5. The van der Waals surface area contributed by atoms with Crippen LogP contribution in [-0.2, 0) is 6.61 Å². The fraction of sp³-hybridized carbons (Fsp3) is 0.133. The third-order valence-electron chi connectivity index (χ3n) is 2.85. The number of hydrogen-bond donors (Lipinski definition) is 1. The first-order valence-electron chi connectivity index (χ1n) is 6.06. The van der Waals surface area contributed by atoms with E-state index >= 15 is 0 Å². The average Bonchev–Trinajstić information content (AvgIpc) is 2.48. The summed E-state index contributed by atoms with van der Waals surface area (Å²) in [6.45, 7) is 0.224. The van der Waals surface area contributed by atoms with Gasteiger partial charge >= 0.3 is 0 Å². The molecule has 0 saturated heterocycles. The monoisotopic (exact) mass is 325 g/mol. The van der Waals surface area contributed by atoms with E-state index < -0.39 is 5.82 Å². The number of methoxy groups -OCH3 is 1. The molecule has 0 heterocycles. The van der Waals surface area contributed by atoms with Crippen molar-refractivity contribution in [3.8, 4) is 11.5 Å². The molecule has 0 bridgehead atoms. The summed E-state index contributed by atoms with van der Waals surface area (Å²) in [5.74, 6) is 0.629. The number of nitrogens with two attached hydrogens (primary N) is 1. The lowest BCUT2D eigenvalue weighted by Gasteiger charge is -2.12. The Balaban J connectivity index is 2.19. The summed E-state index contributed by atoms with van der Waals surface area (Å²) in [7, 11) is 1.56. The number of thiocarbonyl (C=S) groups is 1. The summed E-state index contributed by atoms with van der Waals surface area (Å²) < 4.78 is 23.9. The first-order chi connectivity index (χ1) is 10.0. The predicted octanol–water partition coefficient (Wildman–Crippen LogP) is 3.70. The Labute approximate surface area is 132 Å². The largest absolute Gasteiger partial charge is 0.496 e. The molecular weight excluding hydrogens is 313 g/mol. The van der Waals surface area contributed by atoms with Gasteiger partial charge < -0.3 is 15.2 Å². The summed E-state index contributed by atoms with van der Waals surface area (Å²) in [5.41, 5.74) is 7.11. The molecule has 3 nitrogen and oxygen atoms in total. The van der Waals surface area contributed by atoms with Gasteiger partial charge in [0.05, 0.1) is 12.1 Å². The van der Waals surface area contributed by atoms with Crippen LogP contribution in [0.4, 0.5) is 4.39 Å². The van der Waals surface area contributed by atoms with E-state index in [1.165, 1.54) is 18.2 Å². The van der Waals surface area contributed by atoms with Gasteiger partial charge in [0, 0.05) is 17.2 Å². The Bertz CT molecular complexity index is 679. The Morgan fingerprint density at radius 3 is 2.67 bits per heavy atom. The summed E-state index contributed by atoms with van der Waals surface area (Å²) in [4.78, 5) is 0.295. The second kappa shape index (κ2) is 6.74. The van der Waals surface area contributed by atoms with E-state index in [4.69, 9.17) is 39.0 Å². The van der Waals surface area contributed by atoms with Crippen LogP contribution in [0.5, 0.6) is 11.5 Å². The molecule has 0 unspecified atom stereocenters. The molecule has 2 aromatic carbocycles. The van der Waals surface area contributed by atoms with Crippen molar-refractivity contribution in [2.75, 3.05) is 7.11 Å². The molecule has 110 valence electrons. The summed E-state index contributed by atoms with van der Waals surface area (Å²) in [5, 5.41) is 0.0105. The standard InChI is InChI=1S/C15H13ClFNO2S/c1-19-14-5-2-9(15(18)21)6-10(14)8-20-11-3-4-13(17)12(16)7-11/h2-7H,8H2,1H3,(H2,18,21). The van der Waals surface area contributed by atoms with Crippen LogP contribution in [0.1, 0.15) is 11.1 Å². The zero-order chi connectivity index (χ0) is 15.4. The van der Waals surface area contributed by atoms with Gasteiger partial charge in [-0.15, -0.1) is 0 Å². The lowest BCUT2D eigenvalue weighted by molar-refractivity contribution is 0.296. The van der Waals surface area contributed by atoms with E-state index in [1.807, 2.05) is 0 Å². The molecule has 0 aliphatic heterocycles. The molecule has 0 aliphatic rings. The van der Waals surface area contributed by atoms with Gasteiger partial charge in [-0.2, -0.15) is 0 Å². The van der Waals surface area contributed by atoms with Gasteiger partial charge in [-0.05, 0) is 30.3 Å². The van der Waals surface area contributed by atoms with Crippen LogP contribution in [0, 0.1) is 5.82 Å². The number of benzene rings is 2. The van der Waals surface area contributed by atoms with Crippen molar-refractivity contribution in [3.63, 3.8) is 0 Å². The predicted molar refractivity (Wildman–Crippen MR) is 84.6 cm³/mol. The molecule has 2 rings (SSSR count). The molecular formula is C15H13ClFNO2S. The van der Waals surface area contributed by atoms with Gasteiger partial charge in [0.1, 0.15) is 28.9 Å². The van der Waals surface area contributed by atoms with E-state index in [9.17, 15) is 4.39 Å². The van der Waals surface area contributed by atoms with Crippen molar-refractivity contribution in [2.45, 2.75) is 6.61 Å². The second-order valence-corrected chi connectivity index (χ2v) is 5.10. The van der Waals surface area contributed by atoms with Gasteiger partial charge in [0.15, 0.2) is 0 Å². The number of hydrogen-bond acceptors (Lipinski definition) is 3. The number of ether oxygens (including phenoxy) is 2. The zero-order valence-electron chi connectivity index (χ0n) is 11.2. The van der Waals surface area contributed by atoms with E-state index in [2.05, 4.69) is 0 Å². The Morgan fingerprint density at radius 1 is 1.29 bits per heavy atom. The summed E-state index contributed by atoms with van der Waals surface area (Å²) >= 11 is 10.7. The Morgan fingerprint density at radius 2 is 2.05 bits per heavy atom. The maximum absolute atomic E-state index is 13.1. The molecule has 6 heteroatoms. The van der Waals surface area contributed by atoms with E-state index in [0.29, 0.717) is 16.5 Å². The highest BCUT2D eigenvalue weighted by Gasteiger charge is 2.08. The van der Waals surface area contributed by atoms with Gasteiger partial charge in [-0.1, -0.05) is 23.8 Å². The maximum atomic E-state index is 13.1. The van der Waals surface area contributed by atoms with E-state index in [1.54, 1.807) is 25.3 Å². The smallest absolute Gasteiger partial charge is 0.142 e. The molecule has 21 heavy (non-hydrogen) atoms. The van der Waals surface area contributed by atoms with Gasteiger partial charge in [0.2, 0.25) is 0 Å². The molecule has 0 atom stereocenters. The quantitative estimate of drug-likeness (QED) is 0.851. The van der Waals surface area contributed by atoms with Crippen LogP contribution in [0.15, 0.2) is 36.4 Å². The van der Waals surface area contributed by atoms with E-state index in [-0.39, 0.29) is 11.6 Å². The molecule has 0 saturated carbocycles. The molecule has 2 aromatic rings. The van der Waals surface area contributed by atoms with Gasteiger partial charge in [-0.3, -0.25) is 0 Å². The molecule has 0 aromatic heterocycles. The lowest BCUT2D eigenvalue weighted by Crippen LogP contribution is -2.10. The summed E-state index contributed by atoms with van der Waals surface area (Å²) in [6.07, 6.45) is 0. The fourth-order valence-electron chi connectivity index (χ4n) is 1.77. The molecule has 0 spiro atoms. The first kappa shape index (κ1) is 15.5. The lowest BCUT2D eigenvalue weighted by atomic mass is 10.1. The molecule has 0 aliphatic carbocycles. The molecule has 0 radical (unpaired) electrons. The first-order valence-corrected chi connectivity index (χ1v) is 6.84. The van der Waals surface area contributed by atoms with Crippen molar-refractivity contribution < 1.29 is 13.9 Å². The van der Waals surface area contributed by atoms with Crippen LogP contribution in [0.3, 0.4) is 0 Å². The minimum Gasteiger partial charge on any atom is -0.496 e. The molecule has 0 fully saturated rings. The normalized spacial score (nSPS) is 10.2. The van der Waals surface area contributed by atoms with Crippen LogP contribution in [0.2, 0.25) is 5.02 Å². The maximum Gasteiger partial charge on any atom is 0.142 e. The summed E-state index contributed by atoms with van der Waals surface area (Å²) in [6, 6.07) is 9.52. The highest BCUT2D eigenvalue weighted by Crippen LogP contribution is 2.25. The topological polar surface area (TPSA) is 44.5 Å². The Hall–Kier alpha value is -1.85. The van der Waals surface area contributed by atoms with E-state index in [0.717, 1.165) is 11.1 Å². The van der Waals surface area contributed by atoms with Crippen molar-refractivity contribution in [1.82, 2.24) is 0 Å². The molecule has 2 N–H and O–H groups in total.